The average molecular weight is 301 g/mol. The van der Waals surface area contributed by atoms with Crippen molar-refractivity contribution in [2.45, 2.75) is 70.6 Å². The third-order valence-electron chi connectivity index (χ3n) is 3.89. The molecule has 4 heteroatoms. The third-order valence-corrected chi connectivity index (χ3v) is 4.52. The van der Waals surface area contributed by atoms with Gasteiger partial charge in [-0.1, -0.05) is 68.7 Å². The third kappa shape index (κ3) is 4.06. The van der Waals surface area contributed by atoms with Crippen molar-refractivity contribution in [3.8, 4) is 0 Å². The van der Waals surface area contributed by atoms with Gasteiger partial charge in [-0.3, -0.25) is 0 Å². The fraction of sp³-hybridized carbons (Fsp3) is 0.733. The van der Waals surface area contributed by atoms with E-state index in [4.69, 9.17) is 23.2 Å². The van der Waals surface area contributed by atoms with E-state index in [0.717, 1.165) is 24.2 Å². The highest BCUT2D eigenvalue weighted by atomic mass is 35.5. The normalized spacial score (nSPS) is 18.1. The zero-order valence-corrected chi connectivity index (χ0v) is 13.1. The molecule has 2 nitrogen and oxygen atoms in total. The summed E-state index contributed by atoms with van der Waals surface area (Å²) in [5.41, 5.74) is 0.903. The van der Waals surface area contributed by atoms with Gasteiger partial charge >= 0.3 is 0 Å². The van der Waals surface area contributed by atoms with E-state index in [9.17, 15) is 0 Å². The zero-order valence-electron chi connectivity index (χ0n) is 11.6. The van der Waals surface area contributed by atoms with Gasteiger partial charge in [0, 0.05) is 11.5 Å². The highest BCUT2D eigenvalue weighted by Gasteiger charge is 2.19. The van der Waals surface area contributed by atoms with Crippen molar-refractivity contribution in [2.24, 2.45) is 0 Å². The predicted octanol–water partition coefficient (Wildman–Crippen LogP) is 5.56. The van der Waals surface area contributed by atoms with Gasteiger partial charge < -0.3 is 0 Å². The second kappa shape index (κ2) is 7.44. The minimum atomic E-state index is 0.436. The highest BCUT2D eigenvalue weighted by molar-refractivity contribution is 6.34. The first-order valence-electron chi connectivity index (χ1n) is 7.44. The summed E-state index contributed by atoms with van der Waals surface area (Å²) in [7, 11) is 0. The molecular formula is C15H22Cl2N2. The van der Waals surface area contributed by atoms with Crippen LogP contribution in [0.3, 0.4) is 0 Å². The lowest BCUT2D eigenvalue weighted by molar-refractivity contribution is 0.442. The average Bonchev–Trinajstić information content (AvgIpc) is 2.33. The Kier molecular flexibility index (Phi) is 5.90. The first kappa shape index (κ1) is 15.1. The van der Waals surface area contributed by atoms with Gasteiger partial charge in [0.15, 0.2) is 0 Å². The van der Waals surface area contributed by atoms with Crippen LogP contribution in [0.15, 0.2) is 0 Å². The van der Waals surface area contributed by atoms with Crippen LogP contribution in [0.2, 0.25) is 10.3 Å². The van der Waals surface area contributed by atoms with Gasteiger partial charge in [0.2, 0.25) is 0 Å². The zero-order chi connectivity index (χ0) is 13.7. The summed E-state index contributed by atoms with van der Waals surface area (Å²) in [6.07, 6.45) is 10.7. The predicted molar refractivity (Wildman–Crippen MR) is 81.1 cm³/mol. The van der Waals surface area contributed by atoms with Gasteiger partial charge in [0.05, 0.1) is 0 Å². The molecule has 1 aromatic rings. The molecule has 0 atom stereocenters. The molecule has 2 rings (SSSR count). The first-order valence-corrected chi connectivity index (χ1v) is 8.19. The molecule has 0 saturated heterocycles. The molecule has 1 aromatic heterocycles. The monoisotopic (exact) mass is 300 g/mol. The van der Waals surface area contributed by atoms with Gasteiger partial charge in [-0.25, -0.2) is 9.97 Å². The van der Waals surface area contributed by atoms with Crippen LogP contribution >= 0.6 is 23.2 Å². The van der Waals surface area contributed by atoms with E-state index >= 15 is 0 Å². The summed E-state index contributed by atoms with van der Waals surface area (Å²) >= 11 is 12.5. The smallest absolute Gasteiger partial charge is 0.137 e. The van der Waals surface area contributed by atoms with Crippen molar-refractivity contribution in [3.63, 3.8) is 0 Å². The van der Waals surface area contributed by atoms with E-state index in [1.165, 1.54) is 44.9 Å². The Bertz CT molecular complexity index is 390. The highest BCUT2D eigenvalue weighted by Crippen LogP contribution is 2.32. The van der Waals surface area contributed by atoms with Gasteiger partial charge in [-0.05, 0) is 19.3 Å². The number of nitrogens with zero attached hydrogens (tertiary/aromatic N) is 2. The van der Waals surface area contributed by atoms with Crippen LogP contribution in [0.4, 0.5) is 0 Å². The van der Waals surface area contributed by atoms with Crippen molar-refractivity contribution < 1.29 is 0 Å². The van der Waals surface area contributed by atoms with Gasteiger partial charge in [0.1, 0.15) is 16.1 Å². The van der Waals surface area contributed by atoms with Crippen molar-refractivity contribution >= 4 is 23.2 Å². The van der Waals surface area contributed by atoms with E-state index < -0.39 is 0 Å². The molecule has 1 heterocycles. The maximum atomic E-state index is 6.27. The van der Waals surface area contributed by atoms with Crippen molar-refractivity contribution in [1.82, 2.24) is 9.97 Å². The van der Waals surface area contributed by atoms with Gasteiger partial charge in [0.25, 0.3) is 0 Å². The van der Waals surface area contributed by atoms with E-state index in [2.05, 4.69) is 16.9 Å². The van der Waals surface area contributed by atoms with E-state index in [0.29, 0.717) is 16.2 Å². The molecule has 0 N–H and O–H groups in total. The molecule has 0 aromatic carbocycles. The summed E-state index contributed by atoms with van der Waals surface area (Å²) < 4.78 is 0. The van der Waals surface area contributed by atoms with Crippen molar-refractivity contribution in [3.05, 3.63) is 21.7 Å². The summed E-state index contributed by atoms with van der Waals surface area (Å²) in [4.78, 5) is 9.04. The Labute approximate surface area is 125 Å². The molecule has 0 amide bonds. The molecule has 1 aliphatic rings. The van der Waals surface area contributed by atoms with Gasteiger partial charge in [-0.15, -0.1) is 0 Å². The van der Waals surface area contributed by atoms with Crippen molar-refractivity contribution in [1.29, 1.82) is 0 Å². The van der Waals surface area contributed by atoms with Crippen LogP contribution in [0.1, 0.15) is 75.6 Å². The lowest BCUT2D eigenvalue weighted by atomic mass is 9.90. The molecule has 1 fully saturated rings. The first-order chi connectivity index (χ1) is 9.22. The largest absolute Gasteiger partial charge is 0.221 e. The Hall–Kier alpha value is -0.340. The number of halogens is 2. The lowest BCUT2D eigenvalue weighted by Gasteiger charge is -2.19. The molecular weight excluding hydrogens is 279 g/mol. The second-order valence-corrected chi connectivity index (χ2v) is 6.15. The molecule has 1 aliphatic carbocycles. The second-order valence-electron chi connectivity index (χ2n) is 5.43. The minimum Gasteiger partial charge on any atom is -0.221 e. The SMILES string of the molecule is CCCc1c(Cl)nc(C2CCCCCCC2)nc1Cl. The summed E-state index contributed by atoms with van der Waals surface area (Å²) in [6, 6.07) is 0. The molecule has 0 spiro atoms. The molecule has 0 radical (unpaired) electrons. The summed E-state index contributed by atoms with van der Waals surface area (Å²) in [5, 5.41) is 1.11. The number of hydrogen-bond donors (Lipinski definition) is 0. The van der Waals surface area contributed by atoms with Gasteiger partial charge in [-0.2, -0.15) is 0 Å². The quantitative estimate of drug-likeness (QED) is 0.683. The van der Waals surface area contributed by atoms with Crippen LogP contribution in [0.5, 0.6) is 0 Å². The Morgan fingerprint density at radius 2 is 1.47 bits per heavy atom. The Morgan fingerprint density at radius 1 is 0.947 bits per heavy atom. The fourth-order valence-corrected chi connectivity index (χ4v) is 3.39. The fourth-order valence-electron chi connectivity index (χ4n) is 2.80. The summed E-state index contributed by atoms with van der Waals surface area (Å²) in [5.74, 6) is 1.29. The maximum absolute atomic E-state index is 6.27. The molecule has 1 saturated carbocycles. The molecule has 0 aliphatic heterocycles. The Balaban J connectivity index is 2.19. The standard InChI is InChI=1S/C15H22Cl2N2/c1-2-8-12-13(16)18-15(19-14(12)17)11-9-6-4-3-5-7-10-11/h11H,2-10H2,1H3. The number of hydrogen-bond acceptors (Lipinski definition) is 2. The topological polar surface area (TPSA) is 25.8 Å². The van der Waals surface area contributed by atoms with E-state index in [-0.39, 0.29) is 0 Å². The van der Waals surface area contributed by atoms with Crippen LogP contribution in [-0.4, -0.2) is 9.97 Å². The van der Waals surface area contributed by atoms with Crippen LogP contribution in [0, 0.1) is 0 Å². The van der Waals surface area contributed by atoms with E-state index in [1.807, 2.05) is 0 Å². The minimum absolute atomic E-state index is 0.436. The Morgan fingerprint density at radius 3 is 2.00 bits per heavy atom. The molecule has 19 heavy (non-hydrogen) atoms. The lowest BCUT2D eigenvalue weighted by Crippen LogP contribution is -2.09. The maximum Gasteiger partial charge on any atom is 0.137 e. The van der Waals surface area contributed by atoms with Crippen LogP contribution < -0.4 is 0 Å². The molecule has 0 unspecified atom stereocenters. The molecule has 0 bridgehead atoms. The number of rotatable bonds is 3. The summed E-state index contributed by atoms with van der Waals surface area (Å²) in [6.45, 7) is 2.11. The van der Waals surface area contributed by atoms with Crippen LogP contribution in [-0.2, 0) is 6.42 Å². The van der Waals surface area contributed by atoms with E-state index in [1.54, 1.807) is 0 Å². The van der Waals surface area contributed by atoms with Crippen molar-refractivity contribution in [2.75, 3.05) is 0 Å². The number of aromatic nitrogens is 2. The molecule has 106 valence electrons. The van der Waals surface area contributed by atoms with Crippen LogP contribution in [0.25, 0.3) is 0 Å².